The minimum Gasteiger partial charge on any atom is -0.389 e. The van der Waals surface area contributed by atoms with Gasteiger partial charge in [0.05, 0.1) is 6.10 Å². The summed E-state index contributed by atoms with van der Waals surface area (Å²) in [5.74, 6) is 0. The normalized spacial score (nSPS) is 13.7. The average Bonchev–Trinajstić information content (AvgIpc) is 2.23. The molecule has 1 aromatic carbocycles. The van der Waals surface area contributed by atoms with Gasteiger partial charge in [-0.25, -0.2) is 0 Å². The highest BCUT2D eigenvalue weighted by molar-refractivity contribution is 9.10. The van der Waals surface area contributed by atoms with Crippen molar-refractivity contribution in [3.63, 3.8) is 0 Å². The Labute approximate surface area is 119 Å². The van der Waals surface area contributed by atoms with Gasteiger partial charge >= 0.3 is 6.18 Å². The number of hydrogen-bond donors (Lipinski definition) is 1. The van der Waals surface area contributed by atoms with Crippen LogP contribution in [0.4, 0.5) is 18.9 Å². The van der Waals surface area contributed by atoms with Crippen LogP contribution < -0.4 is 4.90 Å². The number of alkyl halides is 3. The van der Waals surface area contributed by atoms with Crippen molar-refractivity contribution in [3.05, 3.63) is 28.2 Å². The van der Waals surface area contributed by atoms with E-state index in [9.17, 15) is 18.3 Å². The standard InChI is InChI=1S/C13H17BrF3NO/c1-8(2)18(7-13(15,16)17)12-6-10(14)4-5-11(12)9(3)19/h4-6,8-9,19H,7H2,1-3H3. The van der Waals surface area contributed by atoms with E-state index in [2.05, 4.69) is 15.9 Å². The summed E-state index contributed by atoms with van der Waals surface area (Å²) in [5, 5.41) is 9.70. The number of nitrogens with zero attached hydrogens (tertiary/aromatic N) is 1. The van der Waals surface area contributed by atoms with Crippen molar-refractivity contribution >= 4 is 21.6 Å². The molecular weight excluding hydrogens is 323 g/mol. The van der Waals surface area contributed by atoms with Gasteiger partial charge in [-0.1, -0.05) is 22.0 Å². The molecule has 0 aliphatic carbocycles. The zero-order valence-corrected chi connectivity index (χ0v) is 12.6. The van der Waals surface area contributed by atoms with Crippen LogP contribution in [0.15, 0.2) is 22.7 Å². The van der Waals surface area contributed by atoms with Crippen molar-refractivity contribution < 1.29 is 18.3 Å². The molecule has 0 radical (unpaired) electrons. The zero-order valence-electron chi connectivity index (χ0n) is 11.0. The topological polar surface area (TPSA) is 23.5 Å². The molecule has 1 rings (SSSR count). The lowest BCUT2D eigenvalue weighted by Gasteiger charge is -2.32. The zero-order chi connectivity index (χ0) is 14.8. The van der Waals surface area contributed by atoms with E-state index in [0.717, 1.165) is 0 Å². The fourth-order valence-electron chi connectivity index (χ4n) is 1.86. The van der Waals surface area contributed by atoms with Gasteiger partial charge in [0.1, 0.15) is 6.54 Å². The molecule has 0 aliphatic heterocycles. The van der Waals surface area contributed by atoms with Gasteiger partial charge in [-0.05, 0) is 32.9 Å². The molecule has 0 aromatic heterocycles. The van der Waals surface area contributed by atoms with Crippen LogP contribution in [0.2, 0.25) is 0 Å². The van der Waals surface area contributed by atoms with Gasteiger partial charge < -0.3 is 10.0 Å². The summed E-state index contributed by atoms with van der Waals surface area (Å²) in [6.07, 6.45) is -5.11. The Morgan fingerprint density at radius 1 is 1.26 bits per heavy atom. The quantitative estimate of drug-likeness (QED) is 0.884. The molecule has 0 aliphatic rings. The molecule has 19 heavy (non-hydrogen) atoms. The van der Waals surface area contributed by atoms with Crippen LogP contribution in [0, 0.1) is 0 Å². The van der Waals surface area contributed by atoms with Crippen molar-refractivity contribution in [3.8, 4) is 0 Å². The van der Waals surface area contributed by atoms with Crippen LogP contribution in [-0.4, -0.2) is 23.9 Å². The highest BCUT2D eigenvalue weighted by atomic mass is 79.9. The number of hydrogen-bond acceptors (Lipinski definition) is 2. The van der Waals surface area contributed by atoms with Crippen molar-refractivity contribution in [2.24, 2.45) is 0 Å². The van der Waals surface area contributed by atoms with Crippen molar-refractivity contribution in [2.45, 2.75) is 39.1 Å². The lowest BCUT2D eigenvalue weighted by atomic mass is 10.1. The summed E-state index contributed by atoms with van der Waals surface area (Å²) in [7, 11) is 0. The number of aliphatic hydroxyl groups excluding tert-OH is 1. The summed E-state index contributed by atoms with van der Waals surface area (Å²) in [5.41, 5.74) is 0.887. The smallest absolute Gasteiger partial charge is 0.389 e. The fraction of sp³-hybridized carbons (Fsp3) is 0.538. The summed E-state index contributed by atoms with van der Waals surface area (Å²) in [6.45, 7) is 3.89. The maximum atomic E-state index is 12.7. The van der Waals surface area contributed by atoms with E-state index in [1.165, 1.54) is 4.90 Å². The van der Waals surface area contributed by atoms with Crippen LogP contribution in [0.5, 0.6) is 0 Å². The second-order valence-electron chi connectivity index (χ2n) is 4.72. The maximum absolute atomic E-state index is 12.7. The van der Waals surface area contributed by atoms with Gasteiger partial charge in [0.2, 0.25) is 0 Å². The molecule has 6 heteroatoms. The predicted molar refractivity (Wildman–Crippen MR) is 73.3 cm³/mol. The monoisotopic (exact) mass is 339 g/mol. The molecular formula is C13H17BrF3NO. The first kappa shape index (κ1) is 16.3. The van der Waals surface area contributed by atoms with Gasteiger partial charge in [-0.3, -0.25) is 0 Å². The number of rotatable bonds is 4. The van der Waals surface area contributed by atoms with Gasteiger partial charge in [-0.2, -0.15) is 13.2 Å². The average molecular weight is 340 g/mol. The molecule has 1 N–H and O–H groups in total. The summed E-state index contributed by atoms with van der Waals surface area (Å²) >= 11 is 3.25. The summed E-state index contributed by atoms with van der Waals surface area (Å²) < 4.78 is 38.7. The number of anilines is 1. The van der Waals surface area contributed by atoms with Gasteiger partial charge in [0.15, 0.2) is 0 Å². The third kappa shape index (κ3) is 4.69. The summed E-state index contributed by atoms with van der Waals surface area (Å²) in [6, 6.07) is 4.62. The molecule has 0 heterocycles. The highest BCUT2D eigenvalue weighted by Crippen LogP contribution is 2.33. The maximum Gasteiger partial charge on any atom is 0.405 e. The van der Waals surface area contributed by atoms with Crippen LogP contribution in [0.1, 0.15) is 32.4 Å². The Morgan fingerprint density at radius 2 is 1.84 bits per heavy atom. The molecule has 0 fully saturated rings. The minimum atomic E-state index is -4.29. The molecule has 0 amide bonds. The third-order valence-electron chi connectivity index (χ3n) is 2.72. The number of aliphatic hydroxyl groups is 1. The molecule has 1 aromatic rings. The molecule has 2 nitrogen and oxygen atoms in total. The van der Waals surface area contributed by atoms with Crippen LogP contribution in [-0.2, 0) is 0 Å². The third-order valence-corrected chi connectivity index (χ3v) is 3.22. The van der Waals surface area contributed by atoms with Crippen LogP contribution in [0.3, 0.4) is 0 Å². The molecule has 0 spiro atoms. The van der Waals surface area contributed by atoms with Gasteiger partial charge in [-0.15, -0.1) is 0 Å². The van der Waals surface area contributed by atoms with E-state index in [-0.39, 0.29) is 6.04 Å². The largest absolute Gasteiger partial charge is 0.405 e. The highest BCUT2D eigenvalue weighted by Gasteiger charge is 2.33. The second-order valence-corrected chi connectivity index (χ2v) is 5.63. The fourth-order valence-corrected chi connectivity index (χ4v) is 2.21. The van der Waals surface area contributed by atoms with Crippen molar-refractivity contribution in [1.29, 1.82) is 0 Å². The van der Waals surface area contributed by atoms with E-state index in [4.69, 9.17) is 0 Å². The Kier molecular flexibility index (Phi) is 5.26. The first-order chi connectivity index (χ1) is 8.61. The van der Waals surface area contributed by atoms with E-state index in [1.54, 1.807) is 39.0 Å². The predicted octanol–water partition coefficient (Wildman–Crippen LogP) is 4.28. The van der Waals surface area contributed by atoms with E-state index in [0.29, 0.717) is 15.7 Å². The Balaban J connectivity index is 3.25. The van der Waals surface area contributed by atoms with Gasteiger partial charge in [0, 0.05) is 21.8 Å². The van der Waals surface area contributed by atoms with E-state index < -0.39 is 18.8 Å². The summed E-state index contributed by atoms with van der Waals surface area (Å²) in [4.78, 5) is 1.24. The number of benzene rings is 1. The van der Waals surface area contributed by atoms with E-state index >= 15 is 0 Å². The van der Waals surface area contributed by atoms with Crippen LogP contribution in [0.25, 0.3) is 0 Å². The first-order valence-corrected chi connectivity index (χ1v) is 6.72. The minimum absolute atomic E-state index is 0.326. The SMILES string of the molecule is CC(O)c1ccc(Br)cc1N(CC(F)(F)F)C(C)C. The van der Waals surface area contributed by atoms with Gasteiger partial charge in [0.25, 0.3) is 0 Å². The Hall–Kier alpha value is -0.750. The second kappa shape index (κ2) is 6.13. The molecule has 0 saturated carbocycles. The Bertz CT molecular complexity index is 432. The van der Waals surface area contributed by atoms with Crippen LogP contribution >= 0.6 is 15.9 Å². The molecule has 0 saturated heterocycles. The Morgan fingerprint density at radius 3 is 2.26 bits per heavy atom. The molecule has 108 valence electrons. The van der Waals surface area contributed by atoms with Crippen molar-refractivity contribution in [1.82, 2.24) is 0 Å². The lowest BCUT2D eigenvalue weighted by molar-refractivity contribution is -0.120. The molecule has 0 bridgehead atoms. The van der Waals surface area contributed by atoms with E-state index in [1.807, 2.05) is 0 Å². The molecule has 1 unspecified atom stereocenters. The van der Waals surface area contributed by atoms with Crippen molar-refractivity contribution in [2.75, 3.05) is 11.4 Å². The molecule has 1 atom stereocenters. The number of halogens is 4. The lowest BCUT2D eigenvalue weighted by Crippen LogP contribution is -2.39. The first-order valence-electron chi connectivity index (χ1n) is 5.92.